The lowest BCUT2D eigenvalue weighted by atomic mass is 10.2. The zero-order valence-corrected chi connectivity index (χ0v) is 18.7. The largest absolute Gasteiger partial charge is 0.497 e. The number of halogens is 1. The topological polar surface area (TPSA) is 97.0 Å². The molecule has 0 spiro atoms. The van der Waals surface area contributed by atoms with Gasteiger partial charge in [-0.2, -0.15) is 0 Å². The van der Waals surface area contributed by atoms with Crippen molar-refractivity contribution in [3.8, 4) is 5.75 Å². The molecule has 3 N–H and O–H groups in total. The van der Waals surface area contributed by atoms with Crippen LogP contribution in [0.15, 0.2) is 58.4 Å². The number of nitrogens with two attached hydrogens (primary N) is 1. The molecule has 27 heavy (non-hydrogen) atoms. The lowest BCUT2D eigenvalue weighted by molar-refractivity contribution is 0.414. The van der Waals surface area contributed by atoms with Gasteiger partial charge in [0.05, 0.1) is 12.0 Å². The van der Waals surface area contributed by atoms with E-state index in [1.807, 2.05) is 42.3 Å². The zero-order valence-electron chi connectivity index (χ0n) is 15.5. The first kappa shape index (κ1) is 23.2. The molecule has 0 saturated carbocycles. The number of sulfonamides is 1. The Bertz CT molecular complexity index is 870. The highest BCUT2D eigenvalue weighted by Gasteiger charge is 2.10. The van der Waals surface area contributed by atoms with Gasteiger partial charge in [-0.3, -0.25) is 4.99 Å². The van der Waals surface area contributed by atoms with Crippen molar-refractivity contribution in [2.45, 2.75) is 18.0 Å². The van der Waals surface area contributed by atoms with Crippen molar-refractivity contribution in [3.05, 3.63) is 59.7 Å². The Morgan fingerprint density at radius 2 is 1.85 bits per heavy atom. The maximum atomic E-state index is 11.5. The average molecular weight is 504 g/mol. The van der Waals surface area contributed by atoms with Crippen molar-refractivity contribution in [3.63, 3.8) is 0 Å². The first-order valence-electron chi connectivity index (χ1n) is 8.00. The van der Waals surface area contributed by atoms with Crippen LogP contribution in [0, 0.1) is 0 Å². The van der Waals surface area contributed by atoms with Crippen molar-refractivity contribution in [1.29, 1.82) is 0 Å². The number of nitrogens with zero attached hydrogens (tertiary/aromatic N) is 2. The van der Waals surface area contributed by atoms with Gasteiger partial charge in [-0.05, 0) is 35.4 Å². The van der Waals surface area contributed by atoms with E-state index < -0.39 is 10.0 Å². The minimum Gasteiger partial charge on any atom is -0.497 e. The Morgan fingerprint density at radius 3 is 2.41 bits per heavy atom. The van der Waals surface area contributed by atoms with Gasteiger partial charge in [0.2, 0.25) is 10.0 Å². The molecule has 0 heterocycles. The average Bonchev–Trinajstić information content (AvgIpc) is 2.62. The summed E-state index contributed by atoms with van der Waals surface area (Å²) >= 11 is 0. The molecule has 0 aliphatic rings. The fourth-order valence-electron chi connectivity index (χ4n) is 2.48. The molecule has 0 unspecified atom stereocenters. The smallest absolute Gasteiger partial charge is 0.238 e. The highest BCUT2D eigenvalue weighted by atomic mass is 127. The molecule has 0 aliphatic heterocycles. The Balaban J connectivity index is 0.00000364. The third kappa shape index (κ3) is 7.00. The van der Waals surface area contributed by atoms with E-state index in [0.717, 1.165) is 16.9 Å². The van der Waals surface area contributed by atoms with Gasteiger partial charge in [-0.1, -0.05) is 24.3 Å². The Morgan fingerprint density at radius 1 is 1.19 bits per heavy atom. The number of aliphatic imine (C=N–C) groups is 1. The summed E-state index contributed by atoms with van der Waals surface area (Å²) in [6.07, 6.45) is 0. The summed E-state index contributed by atoms with van der Waals surface area (Å²) in [5.41, 5.74) is 1.92. The fraction of sp³-hybridized carbons (Fsp3) is 0.278. The normalized spacial score (nSPS) is 11.5. The molecule has 0 amide bonds. The molecule has 9 heteroatoms. The monoisotopic (exact) mass is 504 g/mol. The highest BCUT2D eigenvalue weighted by molar-refractivity contribution is 14.0. The summed E-state index contributed by atoms with van der Waals surface area (Å²) in [6, 6.07) is 14.4. The van der Waals surface area contributed by atoms with Crippen molar-refractivity contribution in [2.75, 3.05) is 21.2 Å². The lowest BCUT2D eigenvalue weighted by Gasteiger charge is -2.22. The van der Waals surface area contributed by atoms with Crippen LogP contribution in [0.1, 0.15) is 11.1 Å². The minimum absolute atomic E-state index is 0. The molecule has 0 bridgehead atoms. The maximum Gasteiger partial charge on any atom is 0.238 e. The molecule has 2 aromatic rings. The SMILES string of the molecule is CN=C(NCc1cccc(S(N)(=O)=O)c1)N(C)Cc1ccc(OC)cc1.I. The molecule has 0 atom stereocenters. The zero-order chi connectivity index (χ0) is 19.2. The van der Waals surface area contributed by atoms with Gasteiger partial charge in [-0.15, -0.1) is 24.0 Å². The van der Waals surface area contributed by atoms with Crippen LogP contribution in [-0.2, 0) is 23.1 Å². The van der Waals surface area contributed by atoms with Crippen molar-refractivity contribution < 1.29 is 13.2 Å². The number of guanidine groups is 1. The quantitative estimate of drug-likeness (QED) is 0.357. The predicted molar refractivity (Wildman–Crippen MR) is 118 cm³/mol. The van der Waals surface area contributed by atoms with Gasteiger partial charge in [0.1, 0.15) is 5.75 Å². The van der Waals surface area contributed by atoms with Gasteiger partial charge in [0, 0.05) is 27.2 Å². The molecule has 7 nitrogen and oxygen atoms in total. The number of rotatable bonds is 6. The second-order valence-electron chi connectivity index (χ2n) is 5.80. The number of ether oxygens (including phenoxy) is 1. The highest BCUT2D eigenvalue weighted by Crippen LogP contribution is 2.13. The van der Waals surface area contributed by atoms with Crippen LogP contribution in [0.4, 0.5) is 0 Å². The minimum atomic E-state index is -3.71. The van der Waals surface area contributed by atoms with E-state index in [1.54, 1.807) is 26.3 Å². The Hall–Kier alpha value is -1.85. The van der Waals surface area contributed by atoms with Gasteiger partial charge in [-0.25, -0.2) is 13.6 Å². The van der Waals surface area contributed by atoms with E-state index in [9.17, 15) is 8.42 Å². The van der Waals surface area contributed by atoms with Crippen molar-refractivity contribution >= 4 is 40.0 Å². The molecule has 0 fully saturated rings. The van der Waals surface area contributed by atoms with Crippen LogP contribution in [0.2, 0.25) is 0 Å². The predicted octanol–water partition coefficient (Wildman–Crippen LogP) is 2.17. The number of nitrogens with one attached hydrogen (secondary N) is 1. The molecular weight excluding hydrogens is 479 g/mol. The van der Waals surface area contributed by atoms with E-state index >= 15 is 0 Å². The summed E-state index contributed by atoms with van der Waals surface area (Å²) in [5.74, 6) is 1.51. The summed E-state index contributed by atoms with van der Waals surface area (Å²) < 4.78 is 28.1. The summed E-state index contributed by atoms with van der Waals surface area (Å²) in [4.78, 5) is 6.34. The first-order chi connectivity index (χ1) is 12.3. The third-order valence-electron chi connectivity index (χ3n) is 3.83. The van der Waals surface area contributed by atoms with Crippen LogP contribution in [-0.4, -0.2) is 40.5 Å². The summed E-state index contributed by atoms with van der Waals surface area (Å²) in [7, 11) is 1.56. The molecule has 2 aromatic carbocycles. The molecule has 0 aliphatic carbocycles. The van der Waals surface area contributed by atoms with E-state index in [-0.39, 0.29) is 28.9 Å². The van der Waals surface area contributed by atoms with Gasteiger partial charge in [0.15, 0.2) is 5.96 Å². The fourth-order valence-corrected chi connectivity index (χ4v) is 3.06. The lowest BCUT2D eigenvalue weighted by Crippen LogP contribution is -2.38. The maximum absolute atomic E-state index is 11.5. The van der Waals surface area contributed by atoms with Crippen LogP contribution in [0.25, 0.3) is 0 Å². The second kappa shape index (κ2) is 10.5. The second-order valence-corrected chi connectivity index (χ2v) is 7.36. The number of primary sulfonamides is 1. The molecule has 2 rings (SSSR count). The van der Waals surface area contributed by atoms with Gasteiger partial charge in [0.25, 0.3) is 0 Å². The first-order valence-corrected chi connectivity index (χ1v) is 9.54. The van der Waals surface area contributed by atoms with Gasteiger partial charge >= 0.3 is 0 Å². The van der Waals surface area contributed by atoms with E-state index in [1.165, 1.54) is 6.07 Å². The summed E-state index contributed by atoms with van der Waals surface area (Å²) in [6.45, 7) is 1.10. The molecular formula is C18H25IN4O3S. The van der Waals surface area contributed by atoms with E-state index in [4.69, 9.17) is 9.88 Å². The molecule has 0 saturated heterocycles. The van der Waals surface area contributed by atoms with Crippen LogP contribution >= 0.6 is 24.0 Å². The number of benzene rings is 2. The van der Waals surface area contributed by atoms with Crippen LogP contribution in [0.3, 0.4) is 0 Å². The Kier molecular flexibility index (Phi) is 9.00. The summed E-state index contributed by atoms with van der Waals surface area (Å²) in [5, 5.41) is 8.40. The van der Waals surface area contributed by atoms with Crippen molar-refractivity contribution in [2.24, 2.45) is 10.1 Å². The Labute approximate surface area is 177 Å². The van der Waals surface area contributed by atoms with E-state index in [0.29, 0.717) is 19.0 Å². The van der Waals surface area contributed by atoms with E-state index in [2.05, 4.69) is 10.3 Å². The van der Waals surface area contributed by atoms with Crippen LogP contribution < -0.4 is 15.2 Å². The molecule has 0 radical (unpaired) electrons. The molecule has 0 aromatic heterocycles. The number of hydrogen-bond acceptors (Lipinski definition) is 4. The number of hydrogen-bond donors (Lipinski definition) is 2. The van der Waals surface area contributed by atoms with Gasteiger partial charge < -0.3 is 15.0 Å². The number of methoxy groups -OCH3 is 1. The third-order valence-corrected chi connectivity index (χ3v) is 4.74. The van der Waals surface area contributed by atoms with Crippen molar-refractivity contribution in [1.82, 2.24) is 10.2 Å². The standard InChI is InChI=1S/C18H24N4O3S.HI/c1-20-18(22(2)13-14-7-9-16(25-3)10-8-14)21-12-15-5-4-6-17(11-15)26(19,23)24;/h4-11H,12-13H2,1-3H3,(H,20,21)(H2,19,23,24);1H. The van der Waals surface area contributed by atoms with Crippen LogP contribution in [0.5, 0.6) is 5.75 Å². The molecule has 148 valence electrons.